The van der Waals surface area contributed by atoms with Gasteiger partial charge in [-0.2, -0.15) is 0 Å². The van der Waals surface area contributed by atoms with E-state index in [4.69, 9.17) is 4.74 Å². The smallest absolute Gasteiger partial charge is 0.272 e. The summed E-state index contributed by atoms with van der Waals surface area (Å²) < 4.78 is 6.68. The third kappa shape index (κ3) is 3.45. The lowest BCUT2D eigenvalue weighted by Gasteiger charge is -2.16. The van der Waals surface area contributed by atoms with Crippen molar-refractivity contribution in [3.63, 3.8) is 0 Å². The Morgan fingerprint density at radius 2 is 2.19 bits per heavy atom. The zero-order valence-electron chi connectivity index (χ0n) is 15.4. The number of amides is 1. The lowest BCUT2D eigenvalue weighted by molar-refractivity contribution is -0.129. The van der Waals surface area contributed by atoms with Gasteiger partial charge in [0.25, 0.3) is 5.56 Å². The minimum absolute atomic E-state index is 0.105. The normalized spacial score (nSPS) is 16.8. The van der Waals surface area contributed by atoms with E-state index in [9.17, 15) is 9.59 Å². The van der Waals surface area contributed by atoms with Crippen molar-refractivity contribution in [3.05, 3.63) is 63.7 Å². The van der Waals surface area contributed by atoms with Gasteiger partial charge in [-0.25, -0.2) is 9.50 Å². The molecule has 1 N–H and O–H groups in total. The molecule has 1 saturated heterocycles. The summed E-state index contributed by atoms with van der Waals surface area (Å²) in [6.45, 7) is 3.16. The Labute approximate surface area is 156 Å². The lowest BCUT2D eigenvalue weighted by atomic mass is 10.1. The first-order chi connectivity index (χ1) is 13.0. The lowest BCUT2D eigenvalue weighted by Crippen LogP contribution is -2.29. The molecule has 0 unspecified atom stereocenters. The fraction of sp³-hybridized carbons (Fsp3) is 0.350. The fourth-order valence-corrected chi connectivity index (χ4v) is 3.65. The average molecular weight is 366 g/mol. The predicted molar refractivity (Wildman–Crippen MR) is 101 cm³/mol. The summed E-state index contributed by atoms with van der Waals surface area (Å²) in [6.07, 6.45) is 1.22. The van der Waals surface area contributed by atoms with E-state index in [-0.39, 0.29) is 17.4 Å². The maximum Gasteiger partial charge on any atom is 0.272 e. The number of ether oxygens (including phenoxy) is 1. The summed E-state index contributed by atoms with van der Waals surface area (Å²) in [5, 5.41) is 3.14. The third-order valence-electron chi connectivity index (χ3n) is 5.07. The van der Waals surface area contributed by atoms with E-state index in [0.717, 1.165) is 23.4 Å². The van der Waals surface area contributed by atoms with E-state index in [1.807, 2.05) is 42.2 Å². The van der Waals surface area contributed by atoms with E-state index in [1.165, 1.54) is 10.6 Å². The molecule has 1 aliphatic heterocycles. The summed E-state index contributed by atoms with van der Waals surface area (Å²) in [5.74, 6) is 1.04. The second kappa shape index (κ2) is 6.90. The van der Waals surface area contributed by atoms with Gasteiger partial charge in [-0.05, 0) is 31.0 Å². The van der Waals surface area contributed by atoms with Crippen molar-refractivity contribution in [1.29, 1.82) is 0 Å². The molecule has 4 rings (SSSR count). The zero-order valence-corrected chi connectivity index (χ0v) is 15.4. The first-order valence-electron chi connectivity index (χ1n) is 9.03. The molecule has 1 atom stereocenters. The van der Waals surface area contributed by atoms with Crippen LogP contribution in [0.5, 0.6) is 5.75 Å². The van der Waals surface area contributed by atoms with Gasteiger partial charge in [0.1, 0.15) is 5.75 Å². The van der Waals surface area contributed by atoms with Crippen LogP contribution < -0.4 is 10.3 Å². The molecule has 1 aliphatic rings. The molecule has 0 spiro atoms. The van der Waals surface area contributed by atoms with E-state index >= 15 is 0 Å². The molecule has 1 aromatic carbocycles. The molecule has 2 aromatic heterocycles. The van der Waals surface area contributed by atoms with Gasteiger partial charge in [0.05, 0.1) is 13.5 Å². The number of hydrogen-bond acceptors (Lipinski definition) is 4. The van der Waals surface area contributed by atoms with Crippen LogP contribution in [0.4, 0.5) is 0 Å². The standard InChI is InChI=1S/C20H22N4O3/c1-13-8-20(26)24-18(21-13)11-17(22-24)15-6-7-23(12-15)19(25)10-14-4-3-5-16(9-14)27-2/h3-5,8-9,11,15,22H,6-7,10,12H2,1-2H3/t15-/m0/s1. The van der Waals surface area contributed by atoms with Crippen molar-refractivity contribution in [1.82, 2.24) is 19.5 Å². The summed E-state index contributed by atoms with van der Waals surface area (Å²) in [6, 6.07) is 11.0. The number of hydrogen-bond donors (Lipinski definition) is 1. The van der Waals surface area contributed by atoms with E-state index in [1.54, 1.807) is 7.11 Å². The maximum absolute atomic E-state index is 12.7. The van der Waals surface area contributed by atoms with Crippen LogP contribution in [0.15, 0.2) is 41.2 Å². The molecule has 0 aliphatic carbocycles. The number of benzene rings is 1. The van der Waals surface area contributed by atoms with Gasteiger partial charge in [0.15, 0.2) is 5.65 Å². The van der Waals surface area contributed by atoms with Crippen LogP contribution in [0.1, 0.15) is 29.3 Å². The van der Waals surface area contributed by atoms with Crippen LogP contribution in [0.2, 0.25) is 0 Å². The Bertz CT molecular complexity index is 1050. The van der Waals surface area contributed by atoms with Crippen molar-refractivity contribution in [2.45, 2.75) is 25.7 Å². The summed E-state index contributed by atoms with van der Waals surface area (Å²) in [7, 11) is 1.62. The third-order valence-corrected chi connectivity index (χ3v) is 5.07. The molecular weight excluding hydrogens is 344 g/mol. The van der Waals surface area contributed by atoms with Crippen molar-refractivity contribution >= 4 is 11.6 Å². The number of rotatable bonds is 4. The molecule has 3 aromatic rings. The predicted octanol–water partition coefficient (Wildman–Crippen LogP) is 1.90. The highest BCUT2D eigenvalue weighted by molar-refractivity contribution is 5.79. The quantitative estimate of drug-likeness (QED) is 0.765. The molecule has 7 heteroatoms. The number of methoxy groups -OCH3 is 1. The van der Waals surface area contributed by atoms with Gasteiger partial charge in [0.2, 0.25) is 5.91 Å². The van der Waals surface area contributed by atoms with Gasteiger partial charge in [-0.15, -0.1) is 0 Å². The largest absolute Gasteiger partial charge is 0.497 e. The first kappa shape index (κ1) is 17.3. The van der Waals surface area contributed by atoms with Gasteiger partial charge in [0, 0.05) is 42.5 Å². The van der Waals surface area contributed by atoms with Crippen LogP contribution in [-0.2, 0) is 11.2 Å². The zero-order chi connectivity index (χ0) is 19.0. The minimum Gasteiger partial charge on any atom is -0.497 e. The molecule has 0 radical (unpaired) electrons. The number of carbonyl (C=O) groups is 1. The Hall–Kier alpha value is -3.09. The molecule has 3 heterocycles. The maximum atomic E-state index is 12.7. The van der Waals surface area contributed by atoms with Crippen LogP contribution >= 0.6 is 0 Å². The summed E-state index contributed by atoms with van der Waals surface area (Å²) in [5.41, 5.74) is 3.09. The van der Waals surface area contributed by atoms with E-state index in [0.29, 0.717) is 30.9 Å². The SMILES string of the molecule is COc1cccc(CC(=O)N2CC[C@H](c3cc4nc(C)cc(=O)n4[nH]3)C2)c1. The number of carbonyl (C=O) groups excluding carboxylic acids is 1. The highest BCUT2D eigenvalue weighted by Crippen LogP contribution is 2.27. The molecule has 0 saturated carbocycles. The van der Waals surface area contributed by atoms with Gasteiger partial charge in [-0.3, -0.25) is 14.7 Å². The molecule has 0 bridgehead atoms. The van der Waals surface area contributed by atoms with Gasteiger partial charge < -0.3 is 9.64 Å². The summed E-state index contributed by atoms with van der Waals surface area (Å²) in [4.78, 5) is 31.0. The number of nitrogens with one attached hydrogen (secondary N) is 1. The number of H-pyrrole nitrogens is 1. The molecule has 1 fully saturated rings. The molecule has 140 valence electrons. The van der Waals surface area contributed by atoms with Gasteiger partial charge in [-0.1, -0.05) is 12.1 Å². The minimum atomic E-state index is -0.118. The monoisotopic (exact) mass is 366 g/mol. The van der Waals surface area contributed by atoms with Crippen molar-refractivity contribution in [3.8, 4) is 5.75 Å². The fourth-order valence-electron chi connectivity index (χ4n) is 3.65. The number of aryl methyl sites for hydroxylation is 1. The average Bonchev–Trinajstić information content (AvgIpc) is 3.28. The number of aromatic nitrogens is 3. The van der Waals surface area contributed by atoms with Crippen molar-refractivity contribution < 1.29 is 9.53 Å². The Kier molecular flexibility index (Phi) is 4.43. The highest BCUT2D eigenvalue weighted by Gasteiger charge is 2.28. The van der Waals surface area contributed by atoms with Gasteiger partial charge >= 0.3 is 0 Å². The number of aromatic amines is 1. The Morgan fingerprint density at radius 3 is 3.00 bits per heavy atom. The molecule has 27 heavy (non-hydrogen) atoms. The van der Waals surface area contributed by atoms with Crippen LogP contribution in [0.3, 0.4) is 0 Å². The number of nitrogens with zero attached hydrogens (tertiary/aromatic N) is 3. The van der Waals surface area contributed by atoms with Crippen molar-refractivity contribution in [2.24, 2.45) is 0 Å². The number of fused-ring (bicyclic) bond motifs is 1. The molecule has 7 nitrogen and oxygen atoms in total. The highest BCUT2D eigenvalue weighted by atomic mass is 16.5. The molecular formula is C20H22N4O3. The Balaban J connectivity index is 1.47. The molecule has 1 amide bonds. The summed E-state index contributed by atoms with van der Waals surface area (Å²) >= 11 is 0. The Morgan fingerprint density at radius 1 is 1.33 bits per heavy atom. The van der Waals surface area contributed by atoms with Crippen LogP contribution in [0.25, 0.3) is 5.65 Å². The first-order valence-corrected chi connectivity index (χ1v) is 9.03. The number of likely N-dealkylation sites (tertiary alicyclic amines) is 1. The van der Waals surface area contributed by atoms with E-state index in [2.05, 4.69) is 10.1 Å². The van der Waals surface area contributed by atoms with E-state index < -0.39 is 0 Å². The second-order valence-electron chi connectivity index (χ2n) is 6.99. The second-order valence-corrected chi connectivity index (χ2v) is 6.99. The van der Waals surface area contributed by atoms with Crippen LogP contribution in [-0.4, -0.2) is 45.6 Å². The topological polar surface area (TPSA) is 79.7 Å². The van der Waals surface area contributed by atoms with Crippen molar-refractivity contribution in [2.75, 3.05) is 20.2 Å². The van der Waals surface area contributed by atoms with Crippen LogP contribution in [0, 0.1) is 6.92 Å².